The fourth-order valence-electron chi connectivity index (χ4n) is 2.97. The third-order valence-corrected chi connectivity index (χ3v) is 4.61. The van der Waals surface area contributed by atoms with Crippen molar-refractivity contribution in [3.05, 3.63) is 70.9 Å². The molecule has 0 radical (unpaired) electrons. The Hall–Kier alpha value is -3.88. The van der Waals surface area contributed by atoms with E-state index in [0.717, 1.165) is 4.90 Å². The topological polar surface area (TPSA) is 105 Å². The number of rotatable bonds is 4. The quantitative estimate of drug-likeness (QED) is 0.682. The van der Waals surface area contributed by atoms with E-state index in [-0.39, 0.29) is 34.2 Å². The average Bonchev–Trinajstić information content (AvgIpc) is 3.29. The van der Waals surface area contributed by atoms with Crippen LogP contribution in [0.5, 0.6) is 0 Å². The summed E-state index contributed by atoms with van der Waals surface area (Å²) in [5, 5.41) is 6.55. The molecule has 2 heterocycles. The molecule has 146 valence electrons. The van der Waals surface area contributed by atoms with E-state index >= 15 is 0 Å². The molecule has 1 aromatic heterocycles. The van der Waals surface area contributed by atoms with Crippen LogP contribution in [-0.4, -0.2) is 39.8 Å². The summed E-state index contributed by atoms with van der Waals surface area (Å²) in [6, 6.07) is 9.32. The summed E-state index contributed by atoms with van der Waals surface area (Å²) in [4.78, 5) is 41.8. The van der Waals surface area contributed by atoms with E-state index in [9.17, 15) is 18.8 Å². The standard InChI is InChI=1S/C20H15FN4O4/c1-10(18-23-16(24-29-18)11-3-6-13(21)7-4-11)22-17(26)12-5-8-14-15(9-12)20(28)25(2)19(14)27/h3-10H,1-2H3,(H,22,26)/t10-/m1/s1. The highest BCUT2D eigenvalue weighted by atomic mass is 19.1. The minimum absolute atomic E-state index is 0.171. The van der Waals surface area contributed by atoms with Crippen LogP contribution in [0.2, 0.25) is 0 Å². The number of fused-ring (bicyclic) bond motifs is 1. The minimum Gasteiger partial charge on any atom is -0.341 e. The molecule has 1 aliphatic rings. The Kier molecular flexibility index (Phi) is 4.42. The molecule has 2 aromatic carbocycles. The van der Waals surface area contributed by atoms with Gasteiger partial charge in [0.25, 0.3) is 17.7 Å². The number of hydrogen-bond donors (Lipinski definition) is 1. The van der Waals surface area contributed by atoms with E-state index in [2.05, 4.69) is 15.5 Å². The van der Waals surface area contributed by atoms with Crippen molar-refractivity contribution in [2.75, 3.05) is 7.05 Å². The van der Waals surface area contributed by atoms with Gasteiger partial charge in [0.05, 0.1) is 11.1 Å². The fraction of sp³-hybridized carbons (Fsp3) is 0.150. The maximum atomic E-state index is 13.0. The van der Waals surface area contributed by atoms with Gasteiger partial charge in [-0.2, -0.15) is 4.98 Å². The first-order valence-corrected chi connectivity index (χ1v) is 8.72. The van der Waals surface area contributed by atoms with Crippen molar-refractivity contribution in [3.8, 4) is 11.4 Å². The molecule has 0 fully saturated rings. The predicted octanol–water partition coefficient (Wildman–Crippen LogP) is 2.59. The number of carbonyl (C=O) groups is 3. The van der Waals surface area contributed by atoms with Gasteiger partial charge in [0.2, 0.25) is 11.7 Å². The van der Waals surface area contributed by atoms with Crippen LogP contribution >= 0.6 is 0 Å². The summed E-state index contributed by atoms with van der Waals surface area (Å²) in [5.41, 5.74) is 1.26. The number of benzene rings is 2. The van der Waals surface area contributed by atoms with Gasteiger partial charge in [-0.25, -0.2) is 4.39 Å². The van der Waals surface area contributed by atoms with Crippen LogP contribution in [0.4, 0.5) is 4.39 Å². The van der Waals surface area contributed by atoms with Crippen LogP contribution in [0.25, 0.3) is 11.4 Å². The van der Waals surface area contributed by atoms with Gasteiger partial charge in [0.1, 0.15) is 11.9 Å². The van der Waals surface area contributed by atoms with Crippen molar-refractivity contribution in [3.63, 3.8) is 0 Å². The number of halogens is 1. The van der Waals surface area contributed by atoms with Gasteiger partial charge in [-0.05, 0) is 49.4 Å². The van der Waals surface area contributed by atoms with Gasteiger partial charge < -0.3 is 9.84 Å². The summed E-state index contributed by atoms with van der Waals surface area (Å²) in [6.07, 6.45) is 0. The normalized spacial score (nSPS) is 14.1. The number of nitrogens with zero attached hydrogens (tertiary/aromatic N) is 3. The zero-order chi connectivity index (χ0) is 20.7. The predicted molar refractivity (Wildman–Crippen MR) is 98.4 cm³/mol. The minimum atomic E-state index is -0.613. The molecule has 1 N–H and O–H groups in total. The average molecular weight is 394 g/mol. The van der Waals surface area contributed by atoms with E-state index in [0.29, 0.717) is 5.56 Å². The van der Waals surface area contributed by atoms with Crippen molar-refractivity contribution in [2.24, 2.45) is 0 Å². The number of aromatic nitrogens is 2. The highest BCUT2D eigenvalue weighted by molar-refractivity contribution is 6.21. The second kappa shape index (κ2) is 6.93. The Balaban J connectivity index is 1.50. The number of amides is 3. The van der Waals surface area contributed by atoms with E-state index in [1.165, 1.54) is 49.5 Å². The summed E-state index contributed by atoms with van der Waals surface area (Å²) in [7, 11) is 1.39. The summed E-state index contributed by atoms with van der Waals surface area (Å²) < 4.78 is 18.2. The molecule has 9 heteroatoms. The highest BCUT2D eigenvalue weighted by Crippen LogP contribution is 2.23. The molecule has 3 amide bonds. The van der Waals surface area contributed by atoms with E-state index in [4.69, 9.17) is 4.52 Å². The second-order valence-electron chi connectivity index (χ2n) is 6.59. The molecule has 1 aliphatic heterocycles. The summed E-state index contributed by atoms with van der Waals surface area (Å²) >= 11 is 0. The third-order valence-electron chi connectivity index (χ3n) is 4.61. The van der Waals surface area contributed by atoms with Gasteiger partial charge in [-0.1, -0.05) is 5.16 Å². The first-order chi connectivity index (χ1) is 13.8. The fourth-order valence-corrected chi connectivity index (χ4v) is 2.97. The molecular formula is C20H15FN4O4. The number of nitrogens with one attached hydrogen (secondary N) is 1. The number of carbonyl (C=O) groups excluding carboxylic acids is 3. The largest absolute Gasteiger partial charge is 0.341 e. The van der Waals surface area contributed by atoms with E-state index in [1.54, 1.807) is 6.92 Å². The van der Waals surface area contributed by atoms with Gasteiger partial charge in [-0.15, -0.1) is 0 Å². The maximum absolute atomic E-state index is 13.0. The molecular weight excluding hydrogens is 379 g/mol. The van der Waals surface area contributed by atoms with Crippen LogP contribution in [0.1, 0.15) is 49.9 Å². The molecule has 1 atom stereocenters. The van der Waals surface area contributed by atoms with Crippen molar-refractivity contribution in [2.45, 2.75) is 13.0 Å². The first kappa shape index (κ1) is 18.5. The SMILES string of the molecule is C[C@@H](NC(=O)c1ccc2c(c1)C(=O)N(C)C2=O)c1nc(-c2ccc(F)cc2)no1. The monoisotopic (exact) mass is 394 g/mol. The molecule has 0 bridgehead atoms. The van der Waals surface area contributed by atoms with Crippen LogP contribution < -0.4 is 5.32 Å². The lowest BCUT2D eigenvalue weighted by Crippen LogP contribution is -2.27. The lowest BCUT2D eigenvalue weighted by Gasteiger charge is -2.10. The lowest BCUT2D eigenvalue weighted by atomic mass is 10.1. The lowest BCUT2D eigenvalue weighted by molar-refractivity contribution is 0.0693. The summed E-state index contributed by atoms with van der Waals surface area (Å²) in [6.45, 7) is 1.66. The zero-order valence-corrected chi connectivity index (χ0v) is 15.5. The molecule has 0 aliphatic carbocycles. The number of imide groups is 1. The Morgan fingerprint density at radius 1 is 1.10 bits per heavy atom. The molecule has 8 nitrogen and oxygen atoms in total. The van der Waals surface area contributed by atoms with Gasteiger partial charge in [0, 0.05) is 18.2 Å². The van der Waals surface area contributed by atoms with Crippen LogP contribution in [0.3, 0.4) is 0 Å². The van der Waals surface area contributed by atoms with Gasteiger partial charge in [-0.3, -0.25) is 19.3 Å². The van der Waals surface area contributed by atoms with Crippen molar-refractivity contribution >= 4 is 17.7 Å². The van der Waals surface area contributed by atoms with Crippen LogP contribution in [0.15, 0.2) is 47.0 Å². The van der Waals surface area contributed by atoms with Crippen molar-refractivity contribution < 1.29 is 23.3 Å². The molecule has 0 unspecified atom stereocenters. The Labute approximate surface area is 164 Å². The third kappa shape index (κ3) is 3.27. The first-order valence-electron chi connectivity index (χ1n) is 8.72. The van der Waals surface area contributed by atoms with Crippen molar-refractivity contribution in [1.29, 1.82) is 0 Å². The van der Waals surface area contributed by atoms with Gasteiger partial charge >= 0.3 is 0 Å². The smallest absolute Gasteiger partial charge is 0.261 e. The van der Waals surface area contributed by atoms with E-state index < -0.39 is 23.8 Å². The molecule has 4 rings (SSSR count). The Morgan fingerprint density at radius 2 is 1.79 bits per heavy atom. The van der Waals surface area contributed by atoms with E-state index in [1.807, 2.05) is 0 Å². The summed E-state index contributed by atoms with van der Waals surface area (Å²) in [5.74, 6) is -1.25. The zero-order valence-electron chi connectivity index (χ0n) is 15.5. The van der Waals surface area contributed by atoms with Crippen molar-refractivity contribution in [1.82, 2.24) is 20.4 Å². The molecule has 29 heavy (non-hydrogen) atoms. The molecule has 3 aromatic rings. The Morgan fingerprint density at radius 3 is 2.52 bits per heavy atom. The molecule has 0 saturated heterocycles. The van der Waals surface area contributed by atoms with Crippen LogP contribution in [0, 0.1) is 5.82 Å². The number of hydrogen-bond acceptors (Lipinski definition) is 6. The maximum Gasteiger partial charge on any atom is 0.261 e. The van der Waals surface area contributed by atoms with Gasteiger partial charge in [0.15, 0.2) is 0 Å². The Bertz CT molecular complexity index is 1140. The second-order valence-corrected chi connectivity index (χ2v) is 6.59. The van der Waals surface area contributed by atoms with Crippen LogP contribution in [-0.2, 0) is 0 Å². The highest BCUT2D eigenvalue weighted by Gasteiger charge is 2.33. The molecule has 0 spiro atoms. The molecule has 0 saturated carbocycles.